The van der Waals surface area contributed by atoms with Crippen LogP contribution in [0.3, 0.4) is 0 Å². The van der Waals surface area contributed by atoms with E-state index in [9.17, 15) is 19.5 Å². The van der Waals surface area contributed by atoms with E-state index in [0.29, 0.717) is 12.0 Å². The number of hydrogen-bond acceptors (Lipinski definition) is 3. The number of nitrogens with one attached hydrogen (secondary N) is 3. The lowest BCUT2D eigenvalue weighted by molar-refractivity contribution is -0.144. The molecule has 1 aromatic carbocycles. The van der Waals surface area contributed by atoms with E-state index in [1.54, 1.807) is 31.2 Å². The molecule has 7 heteroatoms. The molecule has 4 N–H and O–H groups in total. The van der Waals surface area contributed by atoms with Crippen LogP contribution < -0.4 is 16.0 Å². The van der Waals surface area contributed by atoms with Crippen LogP contribution in [0.25, 0.3) is 0 Å². The Bertz CT molecular complexity index is 644. The van der Waals surface area contributed by atoms with E-state index in [0.717, 1.165) is 25.7 Å². The van der Waals surface area contributed by atoms with Gasteiger partial charge in [-0.05, 0) is 24.8 Å². The van der Waals surface area contributed by atoms with Gasteiger partial charge >= 0.3 is 12.0 Å². The molecule has 1 unspecified atom stereocenters. The smallest absolute Gasteiger partial charge is 0.315 e. The van der Waals surface area contributed by atoms with E-state index in [1.165, 1.54) is 6.42 Å². The molecule has 1 aliphatic rings. The lowest BCUT2D eigenvalue weighted by atomic mass is 9.78. The lowest BCUT2D eigenvalue weighted by Gasteiger charge is -2.29. The second-order valence-electron chi connectivity index (χ2n) is 7.05. The molecule has 148 valence electrons. The highest BCUT2D eigenvalue weighted by Gasteiger charge is 2.38. The van der Waals surface area contributed by atoms with Gasteiger partial charge in [0.05, 0.1) is 6.54 Å². The van der Waals surface area contributed by atoms with Gasteiger partial charge in [0.1, 0.15) is 5.41 Å². The van der Waals surface area contributed by atoms with Gasteiger partial charge in [-0.1, -0.05) is 56.5 Å². The minimum atomic E-state index is -1.19. The average molecular weight is 375 g/mol. The van der Waals surface area contributed by atoms with Gasteiger partial charge in [-0.25, -0.2) is 4.79 Å². The fraction of sp³-hybridized carbons (Fsp3) is 0.550. The second-order valence-corrected chi connectivity index (χ2v) is 7.05. The number of urea groups is 1. The van der Waals surface area contributed by atoms with Crippen LogP contribution in [0.15, 0.2) is 30.3 Å². The van der Waals surface area contributed by atoms with Crippen LogP contribution in [0.5, 0.6) is 0 Å². The molecule has 0 radical (unpaired) electrons. The Labute approximate surface area is 159 Å². The van der Waals surface area contributed by atoms with Gasteiger partial charge in [0.25, 0.3) is 0 Å². The molecular weight excluding hydrogens is 346 g/mol. The summed E-state index contributed by atoms with van der Waals surface area (Å²) in [4.78, 5) is 35.9. The highest BCUT2D eigenvalue weighted by Crippen LogP contribution is 2.27. The second kappa shape index (κ2) is 9.94. The molecule has 1 saturated carbocycles. The Balaban J connectivity index is 1.85. The number of benzene rings is 1. The third-order valence-electron chi connectivity index (χ3n) is 5.28. The van der Waals surface area contributed by atoms with Crippen molar-refractivity contribution in [2.75, 3.05) is 13.1 Å². The molecule has 0 saturated heterocycles. The molecule has 3 amide bonds. The third-order valence-corrected chi connectivity index (χ3v) is 5.28. The van der Waals surface area contributed by atoms with Gasteiger partial charge in [-0.2, -0.15) is 0 Å². The van der Waals surface area contributed by atoms with Gasteiger partial charge in [0, 0.05) is 12.6 Å². The van der Waals surface area contributed by atoms with Gasteiger partial charge < -0.3 is 21.1 Å². The van der Waals surface area contributed by atoms with Crippen molar-refractivity contribution in [3.05, 3.63) is 35.9 Å². The molecular formula is C20H29N3O4. The number of aliphatic carboxylic acids is 1. The van der Waals surface area contributed by atoms with Crippen LogP contribution in [0.4, 0.5) is 4.79 Å². The van der Waals surface area contributed by atoms with Gasteiger partial charge in [-0.3, -0.25) is 9.59 Å². The predicted octanol–water partition coefficient (Wildman–Crippen LogP) is 2.17. The molecule has 27 heavy (non-hydrogen) atoms. The van der Waals surface area contributed by atoms with Gasteiger partial charge in [0.15, 0.2) is 0 Å². The summed E-state index contributed by atoms with van der Waals surface area (Å²) in [5.74, 6) is -1.40. The van der Waals surface area contributed by atoms with Crippen molar-refractivity contribution in [2.45, 2.75) is 56.9 Å². The summed E-state index contributed by atoms with van der Waals surface area (Å²) in [6, 6.07) is 8.68. The summed E-state index contributed by atoms with van der Waals surface area (Å²) in [5, 5.41) is 17.8. The molecule has 1 aliphatic carbocycles. The maximum atomic E-state index is 12.1. The highest BCUT2D eigenvalue weighted by molar-refractivity contribution is 5.86. The summed E-state index contributed by atoms with van der Waals surface area (Å²) >= 11 is 0. The van der Waals surface area contributed by atoms with Crippen LogP contribution >= 0.6 is 0 Å². The number of rotatable bonds is 8. The zero-order valence-electron chi connectivity index (χ0n) is 15.8. The Morgan fingerprint density at radius 2 is 1.74 bits per heavy atom. The average Bonchev–Trinajstić information content (AvgIpc) is 2.68. The van der Waals surface area contributed by atoms with Crippen molar-refractivity contribution in [2.24, 2.45) is 0 Å². The number of carboxylic acid groups (broad SMARTS) is 1. The number of carbonyl (C=O) groups excluding carboxylic acids is 2. The summed E-state index contributed by atoms with van der Waals surface area (Å²) in [7, 11) is 0. The highest BCUT2D eigenvalue weighted by atomic mass is 16.4. The third kappa shape index (κ3) is 5.70. The minimum absolute atomic E-state index is 0.0341. The number of hydrogen-bond donors (Lipinski definition) is 4. The quantitative estimate of drug-likeness (QED) is 0.558. The van der Waals surface area contributed by atoms with E-state index in [1.807, 2.05) is 6.07 Å². The van der Waals surface area contributed by atoms with Gasteiger partial charge in [0.2, 0.25) is 5.91 Å². The SMILES string of the molecule is CCC(CNC(=O)CNC(=O)NC1CCCCC1)(C(=O)O)c1ccccc1. The molecule has 1 aromatic rings. The van der Waals surface area contributed by atoms with Crippen molar-refractivity contribution in [3.8, 4) is 0 Å². The van der Waals surface area contributed by atoms with Crippen LogP contribution in [0, 0.1) is 0 Å². The Hall–Kier alpha value is -2.57. The molecule has 0 bridgehead atoms. The first-order valence-corrected chi connectivity index (χ1v) is 9.58. The predicted molar refractivity (Wildman–Crippen MR) is 102 cm³/mol. The molecule has 1 atom stereocenters. The maximum absolute atomic E-state index is 12.1. The van der Waals surface area contributed by atoms with Crippen molar-refractivity contribution in [3.63, 3.8) is 0 Å². The summed E-state index contributed by atoms with van der Waals surface area (Å²) in [5.41, 5.74) is -0.551. The Morgan fingerprint density at radius 3 is 2.33 bits per heavy atom. The first kappa shape index (κ1) is 20.7. The van der Waals surface area contributed by atoms with Crippen LogP contribution in [-0.2, 0) is 15.0 Å². The van der Waals surface area contributed by atoms with E-state index in [2.05, 4.69) is 16.0 Å². The van der Waals surface area contributed by atoms with Crippen molar-refractivity contribution < 1.29 is 19.5 Å². The number of carboxylic acids is 1. The molecule has 1 fully saturated rings. The van der Waals surface area contributed by atoms with Crippen LogP contribution in [0.1, 0.15) is 51.0 Å². The molecule has 0 heterocycles. The first-order chi connectivity index (χ1) is 13.0. The molecule has 0 aromatic heterocycles. The first-order valence-electron chi connectivity index (χ1n) is 9.58. The molecule has 2 rings (SSSR count). The van der Waals surface area contributed by atoms with E-state index < -0.39 is 17.3 Å². The van der Waals surface area contributed by atoms with Crippen LogP contribution in [-0.4, -0.2) is 42.1 Å². The van der Waals surface area contributed by atoms with Crippen LogP contribution in [0.2, 0.25) is 0 Å². The lowest BCUT2D eigenvalue weighted by Crippen LogP contribution is -2.50. The molecule has 0 aliphatic heterocycles. The standard InChI is InChI=1S/C20H29N3O4/c1-2-20(18(25)26,15-9-5-3-6-10-15)14-22-17(24)13-21-19(27)23-16-11-7-4-8-12-16/h3,5-6,9-10,16H,2,4,7-8,11-14H2,1H3,(H,22,24)(H,25,26)(H2,21,23,27). The van der Waals surface area contributed by atoms with E-state index >= 15 is 0 Å². The fourth-order valence-corrected chi connectivity index (χ4v) is 3.49. The van der Waals surface area contributed by atoms with E-state index in [4.69, 9.17) is 0 Å². The van der Waals surface area contributed by atoms with Crippen molar-refractivity contribution in [1.29, 1.82) is 0 Å². The zero-order chi connectivity index (χ0) is 19.7. The summed E-state index contributed by atoms with van der Waals surface area (Å²) < 4.78 is 0. The maximum Gasteiger partial charge on any atom is 0.315 e. The minimum Gasteiger partial charge on any atom is -0.481 e. The Morgan fingerprint density at radius 1 is 1.07 bits per heavy atom. The zero-order valence-corrected chi connectivity index (χ0v) is 15.8. The molecule has 0 spiro atoms. The monoisotopic (exact) mass is 375 g/mol. The molecule has 7 nitrogen and oxygen atoms in total. The number of carbonyl (C=O) groups is 3. The Kier molecular flexibility index (Phi) is 7.64. The van der Waals surface area contributed by atoms with Crippen molar-refractivity contribution >= 4 is 17.9 Å². The fourth-order valence-electron chi connectivity index (χ4n) is 3.49. The normalized spacial score (nSPS) is 16.8. The summed E-state index contributed by atoms with van der Waals surface area (Å²) in [6.07, 6.45) is 5.69. The topological polar surface area (TPSA) is 108 Å². The van der Waals surface area contributed by atoms with Gasteiger partial charge in [-0.15, -0.1) is 0 Å². The summed E-state index contributed by atoms with van der Waals surface area (Å²) in [6.45, 7) is 1.56. The number of amides is 3. The van der Waals surface area contributed by atoms with Crippen molar-refractivity contribution in [1.82, 2.24) is 16.0 Å². The van der Waals surface area contributed by atoms with E-state index in [-0.39, 0.29) is 25.2 Å². The largest absolute Gasteiger partial charge is 0.481 e.